The first-order chi connectivity index (χ1) is 9.29. The Morgan fingerprint density at radius 3 is 2.68 bits per heavy atom. The first-order valence-corrected chi connectivity index (χ1v) is 8.66. The zero-order valence-electron chi connectivity index (χ0n) is 12.1. The second kappa shape index (κ2) is 5.94. The minimum absolute atomic E-state index is 0.594. The van der Waals surface area contributed by atoms with Crippen LogP contribution in [0.15, 0.2) is 17.5 Å². The fourth-order valence-electron chi connectivity index (χ4n) is 3.99. The van der Waals surface area contributed by atoms with Crippen LogP contribution in [0.1, 0.15) is 49.9 Å². The van der Waals surface area contributed by atoms with E-state index in [1.165, 1.54) is 32.1 Å². The number of fused-ring (bicyclic) bond motifs is 2. The zero-order valence-corrected chi connectivity index (χ0v) is 13.0. The largest absolute Gasteiger partial charge is 0.309 e. The third kappa shape index (κ3) is 2.74. The zero-order chi connectivity index (χ0) is 13.2. The molecule has 0 amide bonds. The van der Waals surface area contributed by atoms with Crippen LogP contribution in [-0.4, -0.2) is 30.6 Å². The Kier molecular flexibility index (Phi) is 4.25. The fourth-order valence-corrected chi connectivity index (χ4v) is 4.89. The standard InChI is InChI=1S/C16H26N2S/c1-3-8-17-16(15-5-4-9-19-15)12-10-13-6-7-14(11-12)18(13)2/h4-5,9,12-14,16-17H,3,6-8,10-11H2,1-2H3. The van der Waals surface area contributed by atoms with Gasteiger partial charge in [0.1, 0.15) is 0 Å². The molecule has 19 heavy (non-hydrogen) atoms. The molecule has 0 radical (unpaired) electrons. The van der Waals surface area contributed by atoms with Gasteiger partial charge in [0.05, 0.1) is 0 Å². The van der Waals surface area contributed by atoms with Crippen LogP contribution in [0.4, 0.5) is 0 Å². The molecule has 2 aliphatic heterocycles. The van der Waals surface area contributed by atoms with Crippen molar-refractivity contribution in [3.05, 3.63) is 22.4 Å². The Labute approximate surface area is 121 Å². The SMILES string of the molecule is CCCNC(c1cccs1)C1CC2CCC(C1)N2C. The van der Waals surface area contributed by atoms with Crippen LogP contribution in [0.2, 0.25) is 0 Å². The molecule has 0 saturated carbocycles. The van der Waals surface area contributed by atoms with E-state index < -0.39 is 0 Å². The molecule has 2 bridgehead atoms. The van der Waals surface area contributed by atoms with Crippen LogP contribution in [0.25, 0.3) is 0 Å². The van der Waals surface area contributed by atoms with E-state index in [1.807, 2.05) is 11.3 Å². The maximum absolute atomic E-state index is 3.82. The molecule has 3 unspecified atom stereocenters. The lowest BCUT2D eigenvalue weighted by molar-refractivity contribution is 0.113. The van der Waals surface area contributed by atoms with Crippen LogP contribution in [0.3, 0.4) is 0 Å². The molecule has 3 atom stereocenters. The average molecular weight is 278 g/mol. The lowest BCUT2D eigenvalue weighted by Gasteiger charge is -2.40. The Morgan fingerprint density at radius 1 is 1.37 bits per heavy atom. The molecule has 0 aromatic carbocycles. The summed E-state index contributed by atoms with van der Waals surface area (Å²) >= 11 is 1.92. The van der Waals surface area contributed by atoms with Crippen LogP contribution in [-0.2, 0) is 0 Å². The minimum Gasteiger partial charge on any atom is -0.309 e. The quantitative estimate of drug-likeness (QED) is 0.884. The van der Waals surface area contributed by atoms with Crippen molar-refractivity contribution in [3.8, 4) is 0 Å². The van der Waals surface area contributed by atoms with Gasteiger partial charge in [0.2, 0.25) is 0 Å². The van der Waals surface area contributed by atoms with E-state index in [2.05, 4.69) is 41.7 Å². The monoisotopic (exact) mass is 278 g/mol. The maximum Gasteiger partial charge on any atom is 0.0444 e. The lowest BCUT2D eigenvalue weighted by atomic mass is 9.84. The summed E-state index contributed by atoms with van der Waals surface area (Å²) in [5.74, 6) is 0.832. The van der Waals surface area contributed by atoms with Gasteiger partial charge in [-0.15, -0.1) is 11.3 Å². The molecule has 0 spiro atoms. The highest BCUT2D eigenvalue weighted by molar-refractivity contribution is 7.10. The van der Waals surface area contributed by atoms with Gasteiger partial charge in [-0.2, -0.15) is 0 Å². The molecule has 1 N–H and O–H groups in total. The summed E-state index contributed by atoms with van der Waals surface area (Å²) in [5, 5.41) is 6.04. The maximum atomic E-state index is 3.82. The topological polar surface area (TPSA) is 15.3 Å². The Balaban J connectivity index is 1.73. The molecule has 1 aromatic rings. The Bertz CT molecular complexity index is 375. The van der Waals surface area contributed by atoms with E-state index in [0.29, 0.717) is 6.04 Å². The number of nitrogens with one attached hydrogen (secondary N) is 1. The second-order valence-corrected chi connectivity index (χ2v) is 7.21. The van der Waals surface area contributed by atoms with Gasteiger partial charge in [-0.1, -0.05) is 13.0 Å². The van der Waals surface area contributed by atoms with Gasteiger partial charge in [0.25, 0.3) is 0 Å². The summed E-state index contributed by atoms with van der Waals surface area (Å²) in [4.78, 5) is 4.18. The second-order valence-electron chi connectivity index (χ2n) is 6.23. The predicted octanol–water partition coefficient (Wildman–Crippen LogP) is 3.66. The fraction of sp³-hybridized carbons (Fsp3) is 0.750. The number of nitrogens with zero attached hydrogens (tertiary/aromatic N) is 1. The van der Waals surface area contributed by atoms with E-state index >= 15 is 0 Å². The number of thiophene rings is 1. The number of rotatable bonds is 5. The van der Waals surface area contributed by atoms with Gasteiger partial charge in [-0.25, -0.2) is 0 Å². The van der Waals surface area contributed by atoms with Gasteiger partial charge in [0.15, 0.2) is 0 Å². The lowest BCUT2D eigenvalue weighted by Crippen LogP contribution is -2.43. The summed E-state index contributed by atoms with van der Waals surface area (Å²) in [6.07, 6.45) is 6.82. The molecular formula is C16H26N2S. The van der Waals surface area contributed by atoms with Crippen LogP contribution in [0, 0.1) is 5.92 Å². The van der Waals surface area contributed by atoms with Crippen molar-refractivity contribution in [2.24, 2.45) is 5.92 Å². The van der Waals surface area contributed by atoms with E-state index in [4.69, 9.17) is 0 Å². The smallest absolute Gasteiger partial charge is 0.0444 e. The van der Waals surface area contributed by atoms with E-state index in [9.17, 15) is 0 Å². The highest BCUT2D eigenvalue weighted by Gasteiger charge is 2.41. The molecule has 2 fully saturated rings. The van der Waals surface area contributed by atoms with Crippen LogP contribution < -0.4 is 5.32 Å². The van der Waals surface area contributed by atoms with Gasteiger partial charge in [0, 0.05) is 23.0 Å². The van der Waals surface area contributed by atoms with E-state index in [0.717, 1.165) is 24.5 Å². The average Bonchev–Trinajstić information content (AvgIpc) is 2.98. The predicted molar refractivity (Wildman–Crippen MR) is 82.7 cm³/mol. The molecule has 2 nitrogen and oxygen atoms in total. The molecule has 3 rings (SSSR count). The van der Waals surface area contributed by atoms with Gasteiger partial charge < -0.3 is 10.2 Å². The first kappa shape index (κ1) is 13.6. The molecule has 2 aliphatic rings. The van der Waals surface area contributed by atoms with Gasteiger partial charge >= 0.3 is 0 Å². The Hall–Kier alpha value is -0.380. The summed E-state index contributed by atoms with van der Waals surface area (Å²) < 4.78 is 0. The van der Waals surface area contributed by atoms with Crippen molar-refractivity contribution in [1.29, 1.82) is 0 Å². The number of piperidine rings is 1. The summed E-state index contributed by atoms with van der Waals surface area (Å²) in [6.45, 7) is 3.40. The summed E-state index contributed by atoms with van der Waals surface area (Å²) in [5.41, 5.74) is 0. The van der Waals surface area contributed by atoms with E-state index in [-0.39, 0.29) is 0 Å². The van der Waals surface area contributed by atoms with Gasteiger partial charge in [-0.05, 0) is 63.1 Å². The molecular weight excluding hydrogens is 252 g/mol. The normalized spacial score (nSPS) is 32.6. The Morgan fingerprint density at radius 2 is 2.11 bits per heavy atom. The molecule has 1 aromatic heterocycles. The molecule has 0 aliphatic carbocycles. The number of hydrogen-bond donors (Lipinski definition) is 1. The molecule has 2 saturated heterocycles. The highest BCUT2D eigenvalue weighted by atomic mass is 32.1. The summed E-state index contributed by atoms with van der Waals surface area (Å²) in [7, 11) is 2.33. The van der Waals surface area contributed by atoms with Crippen molar-refractivity contribution in [2.45, 2.75) is 57.2 Å². The third-order valence-electron chi connectivity index (χ3n) is 5.07. The van der Waals surface area contributed by atoms with Crippen LogP contribution >= 0.6 is 11.3 Å². The molecule has 106 valence electrons. The van der Waals surface area contributed by atoms with Crippen molar-refractivity contribution < 1.29 is 0 Å². The minimum atomic E-state index is 0.594. The molecule has 3 heteroatoms. The first-order valence-electron chi connectivity index (χ1n) is 7.78. The van der Waals surface area contributed by atoms with Crippen molar-refractivity contribution in [3.63, 3.8) is 0 Å². The van der Waals surface area contributed by atoms with Gasteiger partial charge in [-0.3, -0.25) is 0 Å². The highest BCUT2D eigenvalue weighted by Crippen LogP contribution is 2.43. The van der Waals surface area contributed by atoms with E-state index in [1.54, 1.807) is 4.88 Å². The van der Waals surface area contributed by atoms with Crippen molar-refractivity contribution in [1.82, 2.24) is 10.2 Å². The third-order valence-corrected chi connectivity index (χ3v) is 6.03. The van der Waals surface area contributed by atoms with Crippen molar-refractivity contribution >= 4 is 11.3 Å². The van der Waals surface area contributed by atoms with Crippen LogP contribution in [0.5, 0.6) is 0 Å². The molecule has 3 heterocycles. The van der Waals surface area contributed by atoms with Crippen molar-refractivity contribution in [2.75, 3.05) is 13.6 Å². The summed E-state index contributed by atoms with van der Waals surface area (Å²) in [6, 6.07) is 6.80. The number of hydrogen-bond acceptors (Lipinski definition) is 3.